The van der Waals surface area contributed by atoms with Crippen molar-refractivity contribution in [2.75, 3.05) is 0 Å². The summed E-state index contributed by atoms with van der Waals surface area (Å²) in [6.45, 7) is 4.69. The van der Waals surface area contributed by atoms with Crippen molar-refractivity contribution in [3.8, 4) is 12.1 Å². The van der Waals surface area contributed by atoms with Gasteiger partial charge in [-0.3, -0.25) is 4.79 Å². The highest BCUT2D eigenvalue weighted by Gasteiger charge is 2.60. The minimum Gasteiger partial charge on any atom is -0.393 e. The maximum Gasteiger partial charge on any atom is 0.267 e. The highest BCUT2D eigenvalue weighted by atomic mass is 16.3. The molecule has 4 aliphatic rings. The number of rotatable bonds is 0. The Labute approximate surface area is 171 Å². The second kappa shape index (κ2) is 6.19. The van der Waals surface area contributed by atoms with Gasteiger partial charge in [0.25, 0.3) is 5.56 Å². The summed E-state index contributed by atoms with van der Waals surface area (Å²) >= 11 is 0. The van der Waals surface area contributed by atoms with E-state index in [-0.39, 0.29) is 22.5 Å². The smallest absolute Gasteiger partial charge is 0.267 e. The number of hydrogen-bond acceptors (Lipinski definition) is 4. The zero-order valence-corrected chi connectivity index (χ0v) is 17.3. The molecule has 0 radical (unpaired) electrons. The van der Waals surface area contributed by atoms with Crippen LogP contribution in [0.25, 0.3) is 0 Å². The van der Waals surface area contributed by atoms with Crippen LogP contribution in [-0.4, -0.2) is 16.2 Å². The number of nitrogens with one attached hydrogen (secondary N) is 1. The van der Waals surface area contributed by atoms with Gasteiger partial charge in [0, 0.05) is 5.69 Å². The van der Waals surface area contributed by atoms with E-state index in [0.717, 1.165) is 56.2 Å². The van der Waals surface area contributed by atoms with Crippen molar-refractivity contribution in [3.05, 3.63) is 32.7 Å². The Morgan fingerprint density at radius 2 is 1.72 bits per heavy atom. The summed E-state index contributed by atoms with van der Waals surface area (Å²) in [5, 5.41) is 29.8. The molecular formula is C24H29N3O2. The van der Waals surface area contributed by atoms with E-state index in [1.165, 1.54) is 6.42 Å². The number of aliphatic hydroxyl groups excluding tert-OH is 1. The fourth-order valence-electron chi connectivity index (χ4n) is 8.04. The molecule has 5 heteroatoms. The first-order chi connectivity index (χ1) is 13.8. The van der Waals surface area contributed by atoms with Crippen LogP contribution >= 0.6 is 0 Å². The van der Waals surface area contributed by atoms with Gasteiger partial charge in [-0.1, -0.05) is 13.8 Å². The van der Waals surface area contributed by atoms with Gasteiger partial charge in [0.15, 0.2) is 0 Å². The van der Waals surface area contributed by atoms with Gasteiger partial charge in [-0.2, -0.15) is 10.5 Å². The van der Waals surface area contributed by atoms with Crippen LogP contribution in [-0.2, 0) is 12.8 Å². The second-order valence-corrected chi connectivity index (χ2v) is 10.6. The molecule has 152 valence electrons. The lowest BCUT2D eigenvalue weighted by Gasteiger charge is -2.60. The number of nitrogens with zero attached hydrogens (tertiary/aromatic N) is 2. The molecule has 1 aromatic heterocycles. The third-order valence-electron chi connectivity index (χ3n) is 9.65. The average Bonchev–Trinajstić information content (AvgIpc) is 3.00. The topological polar surface area (TPSA) is 101 Å². The number of fused-ring (bicyclic) bond motifs is 6. The molecule has 0 aromatic carbocycles. The number of nitriles is 2. The third-order valence-corrected chi connectivity index (χ3v) is 9.65. The molecule has 1 heterocycles. The molecule has 0 spiro atoms. The van der Waals surface area contributed by atoms with Crippen molar-refractivity contribution in [1.82, 2.24) is 4.98 Å². The SMILES string of the molecule is C[C@]12CC[C@H]3[C@@H](CC[C@@H]4Cc5[nH]c(=O)c(C#N)c(C#N)c5C[C@@]43C)[C@H]1CC[C@@H]2O. The van der Waals surface area contributed by atoms with E-state index in [4.69, 9.17) is 0 Å². The summed E-state index contributed by atoms with van der Waals surface area (Å²) in [6.07, 6.45) is 8.03. The first kappa shape index (κ1) is 18.9. The molecule has 0 unspecified atom stereocenters. The first-order valence-corrected chi connectivity index (χ1v) is 11.1. The Bertz CT molecular complexity index is 1010. The third kappa shape index (κ3) is 2.37. The van der Waals surface area contributed by atoms with Gasteiger partial charge < -0.3 is 10.1 Å². The first-order valence-electron chi connectivity index (χ1n) is 11.1. The van der Waals surface area contributed by atoms with E-state index in [0.29, 0.717) is 29.2 Å². The van der Waals surface area contributed by atoms with E-state index in [1.807, 2.05) is 6.07 Å². The zero-order valence-electron chi connectivity index (χ0n) is 17.3. The number of aliphatic hydroxyl groups is 1. The number of aromatic amines is 1. The van der Waals surface area contributed by atoms with Gasteiger partial charge in [-0.05, 0) is 91.4 Å². The normalized spacial score (nSPS) is 42.6. The summed E-state index contributed by atoms with van der Waals surface area (Å²) in [6, 6.07) is 4.13. The van der Waals surface area contributed by atoms with E-state index < -0.39 is 5.56 Å². The van der Waals surface area contributed by atoms with E-state index >= 15 is 0 Å². The summed E-state index contributed by atoms with van der Waals surface area (Å²) < 4.78 is 0. The highest BCUT2D eigenvalue weighted by molar-refractivity contribution is 5.52. The van der Waals surface area contributed by atoms with Crippen LogP contribution in [0.2, 0.25) is 0 Å². The molecule has 0 saturated heterocycles. The number of aromatic nitrogens is 1. The van der Waals surface area contributed by atoms with Crippen molar-refractivity contribution in [2.45, 2.75) is 71.3 Å². The maximum absolute atomic E-state index is 12.3. The highest BCUT2D eigenvalue weighted by Crippen LogP contribution is 2.65. The van der Waals surface area contributed by atoms with Crippen molar-refractivity contribution < 1.29 is 5.11 Å². The van der Waals surface area contributed by atoms with E-state index in [2.05, 4.69) is 24.9 Å². The Morgan fingerprint density at radius 1 is 1.00 bits per heavy atom. The average molecular weight is 392 g/mol. The molecule has 0 aliphatic heterocycles. The lowest BCUT2D eigenvalue weighted by molar-refractivity contribution is -0.111. The molecular weight excluding hydrogens is 362 g/mol. The van der Waals surface area contributed by atoms with Gasteiger partial charge in [0.05, 0.1) is 11.7 Å². The van der Waals surface area contributed by atoms with Crippen LogP contribution in [0.5, 0.6) is 0 Å². The van der Waals surface area contributed by atoms with E-state index in [1.54, 1.807) is 0 Å². The van der Waals surface area contributed by atoms with E-state index in [9.17, 15) is 20.4 Å². The quantitative estimate of drug-likeness (QED) is 0.707. The number of H-pyrrole nitrogens is 1. The van der Waals surface area contributed by atoms with Crippen molar-refractivity contribution in [2.24, 2.45) is 34.5 Å². The Kier molecular flexibility index (Phi) is 4.03. The van der Waals surface area contributed by atoms with Gasteiger partial charge in [0.2, 0.25) is 0 Å². The molecule has 1 aromatic rings. The predicted octanol–water partition coefficient (Wildman–Crippen LogP) is 3.44. The van der Waals surface area contributed by atoms with Gasteiger partial charge >= 0.3 is 0 Å². The van der Waals surface area contributed by atoms with Gasteiger partial charge in [-0.25, -0.2) is 0 Å². The van der Waals surface area contributed by atoms with Crippen LogP contribution in [0.15, 0.2) is 4.79 Å². The summed E-state index contributed by atoms with van der Waals surface area (Å²) in [4.78, 5) is 15.2. The Morgan fingerprint density at radius 3 is 2.45 bits per heavy atom. The van der Waals surface area contributed by atoms with Crippen LogP contribution < -0.4 is 5.56 Å². The molecule has 4 aliphatic carbocycles. The molecule has 29 heavy (non-hydrogen) atoms. The van der Waals surface area contributed by atoms with Crippen LogP contribution in [0.3, 0.4) is 0 Å². The lowest BCUT2D eigenvalue weighted by atomic mass is 9.45. The number of pyridine rings is 1. The van der Waals surface area contributed by atoms with Crippen LogP contribution in [0.4, 0.5) is 0 Å². The Hall–Kier alpha value is -2.11. The fraction of sp³-hybridized carbons (Fsp3) is 0.708. The van der Waals surface area contributed by atoms with Crippen molar-refractivity contribution in [1.29, 1.82) is 10.5 Å². The maximum atomic E-state index is 12.3. The number of hydrogen-bond donors (Lipinski definition) is 2. The molecule has 0 bridgehead atoms. The van der Waals surface area contributed by atoms with Crippen LogP contribution in [0, 0.1) is 57.2 Å². The fourth-order valence-corrected chi connectivity index (χ4v) is 8.04. The summed E-state index contributed by atoms with van der Waals surface area (Å²) in [5.74, 6) is 2.32. The molecule has 5 nitrogen and oxygen atoms in total. The zero-order chi connectivity index (χ0) is 20.6. The van der Waals surface area contributed by atoms with Gasteiger partial charge in [0.1, 0.15) is 17.7 Å². The lowest BCUT2D eigenvalue weighted by Crippen LogP contribution is -2.55. The Balaban J connectivity index is 1.57. The molecule has 7 atom stereocenters. The largest absolute Gasteiger partial charge is 0.393 e. The van der Waals surface area contributed by atoms with Crippen molar-refractivity contribution in [3.63, 3.8) is 0 Å². The minimum absolute atomic E-state index is 0.0317. The minimum atomic E-state index is -0.423. The summed E-state index contributed by atoms with van der Waals surface area (Å²) in [5.41, 5.74) is 1.77. The molecule has 3 saturated carbocycles. The monoisotopic (exact) mass is 391 g/mol. The molecule has 3 fully saturated rings. The molecule has 2 N–H and O–H groups in total. The second-order valence-electron chi connectivity index (χ2n) is 10.6. The van der Waals surface area contributed by atoms with Crippen molar-refractivity contribution >= 4 is 0 Å². The molecule has 0 amide bonds. The van der Waals surface area contributed by atoms with Gasteiger partial charge in [-0.15, -0.1) is 0 Å². The standard InChI is InChI=1S/C24H29N3O2/c1-23-8-7-19-14(18(23)5-6-21(23)28)4-3-13-9-20-15(10-24(13,19)2)16(11-25)17(12-26)22(29)27-20/h13-14,18-19,21,28H,3-10H2,1-2H3,(H,27,29)/t13-,14+,18-,19+,21+,23+,24+/m1/s1. The summed E-state index contributed by atoms with van der Waals surface area (Å²) in [7, 11) is 0. The molecule has 5 rings (SSSR count). The van der Waals surface area contributed by atoms with Crippen LogP contribution in [0.1, 0.15) is 74.8 Å². The predicted molar refractivity (Wildman–Crippen MR) is 108 cm³/mol.